The van der Waals surface area contributed by atoms with Crippen molar-refractivity contribution in [3.05, 3.63) is 52.5 Å². The number of imidazole rings is 1. The summed E-state index contributed by atoms with van der Waals surface area (Å²) in [7, 11) is 1.32. The lowest BCUT2D eigenvalue weighted by Gasteiger charge is -2.05. The molecule has 24 heavy (non-hydrogen) atoms. The largest absolute Gasteiger partial charge is 0.465 e. The van der Waals surface area contributed by atoms with Crippen LogP contribution in [0.2, 0.25) is 0 Å². The summed E-state index contributed by atoms with van der Waals surface area (Å²) in [6.07, 6.45) is 2.61. The van der Waals surface area contributed by atoms with E-state index in [1.54, 1.807) is 12.1 Å². The van der Waals surface area contributed by atoms with Crippen LogP contribution in [-0.4, -0.2) is 35.1 Å². The molecule has 0 saturated heterocycles. The topological polar surface area (TPSA) is 73.2 Å². The molecule has 0 saturated carbocycles. The van der Waals surface area contributed by atoms with Gasteiger partial charge in [0, 0.05) is 13.1 Å². The van der Waals surface area contributed by atoms with Gasteiger partial charge >= 0.3 is 5.97 Å². The summed E-state index contributed by atoms with van der Waals surface area (Å²) in [5.74, 6) is -0.600. The van der Waals surface area contributed by atoms with Crippen LogP contribution in [0.3, 0.4) is 0 Å². The van der Waals surface area contributed by atoms with Crippen LogP contribution in [0, 0.1) is 0 Å². The van der Waals surface area contributed by atoms with Crippen molar-refractivity contribution in [2.24, 2.45) is 0 Å². The molecule has 0 bridgehead atoms. The minimum Gasteiger partial charge on any atom is -0.465 e. The van der Waals surface area contributed by atoms with Crippen LogP contribution in [0.1, 0.15) is 25.8 Å². The highest BCUT2D eigenvalue weighted by Gasteiger charge is 2.13. The van der Waals surface area contributed by atoms with Crippen LogP contribution in [0.4, 0.5) is 0 Å². The van der Waals surface area contributed by atoms with E-state index in [0.717, 1.165) is 35.3 Å². The van der Waals surface area contributed by atoms with E-state index in [1.807, 2.05) is 30.6 Å². The van der Waals surface area contributed by atoms with Crippen LogP contribution < -0.4 is 5.32 Å². The number of carbonyl (C=O) groups is 2. The number of thiophene rings is 1. The first-order valence-electron chi connectivity index (χ1n) is 7.55. The van der Waals surface area contributed by atoms with Crippen molar-refractivity contribution in [3.8, 4) is 0 Å². The van der Waals surface area contributed by atoms with Gasteiger partial charge in [0.25, 0.3) is 5.91 Å². The van der Waals surface area contributed by atoms with Gasteiger partial charge < -0.3 is 14.6 Å². The Kier molecular flexibility index (Phi) is 4.90. The van der Waals surface area contributed by atoms with Gasteiger partial charge in [0.2, 0.25) is 0 Å². The number of rotatable bonds is 6. The Balaban J connectivity index is 1.50. The highest BCUT2D eigenvalue weighted by atomic mass is 32.1. The molecule has 1 N–H and O–H groups in total. The summed E-state index contributed by atoms with van der Waals surface area (Å²) in [5.41, 5.74) is 2.06. The number of benzene rings is 1. The van der Waals surface area contributed by atoms with Crippen LogP contribution in [-0.2, 0) is 11.3 Å². The third-order valence-corrected chi connectivity index (χ3v) is 4.67. The molecule has 0 radical (unpaired) electrons. The molecule has 0 unspecified atom stereocenters. The van der Waals surface area contributed by atoms with Crippen LogP contribution in [0.15, 0.2) is 42.7 Å². The molecule has 124 valence electrons. The van der Waals surface area contributed by atoms with E-state index in [0.29, 0.717) is 16.3 Å². The molecule has 0 aliphatic heterocycles. The molecule has 0 aliphatic carbocycles. The molecular weight excluding hydrogens is 326 g/mol. The SMILES string of the molecule is COC(=O)c1ccc(C(=O)NCCCn2cnc3ccccc32)s1. The van der Waals surface area contributed by atoms with Crippen molar-refractivity contribution in [2.45, 2.75) is 13.0 Å². The molecule has 3 aromatic rings. The minimum atomic E-state index is -0.425. The monoisotopic (exact) mass is 343 g/mol. The van der Waals surface area contributed by atoms with E-state index in [2.05, 4.69) is 19.6 Å². The summed E-state index contributed by atoms with van der Waals surface area (Å²) in [6, 6.07) is 11.2. The van der Waals surface area contributed by atoms with Crippen molar-refractivity contribution >= 4 is 34.2 Å². The third-order valence-electron chi connectivity index (χ3n) is 3.61. The fraction of sp³-hybridized carbons (Fsp3) is 0.235. The number of nitrogens with zero attached hydrogens (tertiary/aromatic N) is 2. The van der Waals surface area contributed by atoms with Gasteiger partial charge in [0.1, 0.15) is 4.88 Å². The number of hydrogen-bond acceptors (Lipinski definition) is 5. The summed E-state index contributed by atoms with van der Waals surface area (Å²) in [5, 5.41) is 2.87. The van der Waals surface area contributed by atoms with Crippen molar-refractivity contribution in [2.75, 3.05) is 13.7 Å². The zero-order chi connectivity index (χ0) is 16.9. The lowest BCUT2D eigenvalue weighted by Crippen LogP contribution is -2.24. The smallest absolute Gasteiger partial charge is 0.348 e. The molecule has 6 nitrogen and oxygen atoms in total. The van der Waals surface area contributed by atoms with Gasteiger partial charge in [-0.25, -0.2) is 9.78 Å². The van der Waals surface area contributed by atoms with E-state index in [4.69, 9.17) is 0 Å². The zero-order valence-corrected chi connectivity index (χ0v) is 14.0. The molecule has 2 aromatic heterocycles. The lowest BCUT2D eigenvalue weighted by atomic mass is 10.3. The average Bonchev–Trinajstić information content (AvgIpc) is 3.25. The predicted molar refractivity (Wildman–Crippen MR) is 92.3 cm³/mol. The molecule has 0 fully saturated rings. The number of nitrogens with one attached hydrogen (secondary N) is 1. The molecule has 1 amide bonds. The van der Waals surface area contributed by atoms with Crippen LogP contribution in [0.25, 0.3) is 11.0 Å². The Morgan fingerprint density at radius 1 is 1.21 bits per heavy atom. The molecular formula is C17H17N3O3S. The third kappa shape index (κ3) is 3.46. The number of hydrogen-bond donors (Lipinski definition) is 1. The van der Waals surface area contributed by atoms with Gasteiger partial charge in [-0.2, -0.15) is 0 Å². The normalized spacial score (nSPS) is 10.7. The summed E-state index contributed by atoms with van der Waals surface area (Å²) in [6.45, 7) is 1.33. The Morgan fingerprint density at radius 2 is 2.00 bits per heavy atom. The van der Waals surface area contributed by atoms with Gasteiger partial charge in [-0.3, -0.25) is 4.79 Å². The number of aryl methyl sites for hydroxylation is 1. The number of amides is 1. The fourth-order valence-electron chi connectivity index (χ4n) is 2.40. The van der Waals surface area contributed by atoms with Crippen molar-refractivity contribution in [1.29, 1.82) is 0 Å². The van der Waals surface area contributed by atoms with Crippen molar-refractivity contribution in [3.63, 3.8) is 0 Å². The second-order valence-electron chi connectivity index (χ2n) is 5.19. The number of aromatic nitrogens is 2. The van der Waals surface area contributed by atoms with E-state index in [9.17, 15) is 9.59 Å². The van der Waals surface area contributed by atoms with Gasteiger partial charge in [0.15, 0.2) is 0 Å². The number of fused-ring (bicyclic) bond motifs is 1. The standard InChI is InChI=1S/C17H17N3O3S/c1-23-17(22)15-8-7-14(24-15)16(21)18-9-4-10-20-11-19-12-5-2-3-6-13(12)20/h2-3,5-8,11H,4,9-10H2,1H3,(H,18,21). The zero-order valence-electron chi connectivity index (χ0n) is 13.2. The maximum Gasteiger partial charge on any atom is 0.348 e. The first kappa shape index (κ1) is 16.2. The van der Waals surface area contributed by atoms with E-state index < -0.39 is 5.97 Å². The predicted octanol–water partition coefficient (Wildman–Crippen LogP) is 2.70. The molecule has 7 heteroatoms. The van der Waals surface area contributed by atoms with E-state index in [1.165, 1.54) is 7.11 Å². The van der Waals surface area contributed by atoms with Gasteiger partial charge in [-0.15, -0.1) is 11.3 Å². The quantitative estimate of drug-likeness (QED) is 0.552. The van der Waals surface area contributed by atoms with Crippen LogP contribution in [0.5, 0.6) is 0 Å². The van der Waals surface area contributed by atoms with Crippen molar-refractivity contribution in [1.82, 2.24) is 14.9 Å². The number of esters is 1. The molecule has 0 atom stereocenters. The van der Waals surface area contributed by atoms with E-state index >= 15 is 0 Å². The first-order chi connectivity index (χ1) is 11.7. The maximum absolute atomic E-state index is 12.1. The minimum absolute atomic E-state index is 0.175. The first-order valence-corrected chi connectivity index (χ1v) is 8.37. The summed E-state index contributed by atoms with van der Waals surface area (Å²) >= 11 is 1.13. The molecule has 0 spiro atoms. The summed E-state index contributed by atoms with van der Waals surface area (Å²) in [4.78, 5) is 28.7. The maximum atomic E-state index is 12.1. The van der Waals surface area contributed by atoms with Crippen LogP contribution >= 0.6 is 11.3 Å². The Bertz CT molecular complexity index is 869. The number of ether oxygens (including phenoxy) is 1. The molecule has 3 rings (SSSR count). The average molecular weight is 343 g/mol. The van der Waals surface area contributed by atoms with E-state index in [-0.39, 0.29) is 5.91 Å². The highest BCUT2D eigenvalue weighted by Crippen LogP contribution is 2.17. The summed E-state index contributed by atoms with van der Waals surface area (Å²) < 4.78 is 6.71. The Labute approximate surface area is 143 Å². The molecule has 0 aliphatic rings. The molecule has 2 heterocycles. The van der Waals surface area contributed by atoms with Gasteiger partial charge in [0.05, 0.1) is 29.3 Å². The number of para-hydroxylation sites is 2. The van der Waals surface area contributed by atoms with Gasteiger partial charge in [-0.1, -0.05) is 12.1 Å². The number of carbonyl (C=O) groups excluding carboxylic acids is 2. The van der Waals surface area contributed by atoms with Crippen molar-refractivity contribution < 1.29 is 14.3 Å². The highest BCUT2D eigenvalue weighted by molar-refractivity contribution is 7.15. The second kappa shape index (κ2) is 7.27. The Morgan fingerprint density at radius 3 is 2.83 bits per heavy atom. The number of methoxy groups -OCH3 is 1. The second-order valence-corrected chi connectivity index (χ2v) is 6.28. The van der Waals surface area contributed by atoms with Gasteiger partial charge in [-0.05, 0) is 30.7 Å². The Hall–Kier alpha value is -2.67. The fourth-order valence-corrected chi connectivity index (χ4v) is 3.24. The lowest BCUT2D eigenvalue weighted by molar-refractivity contribution is 0.0606. The molecule has 1 aromatic carbocycles.